The molecule has 2 amide bonds. The third-order valence-electron chi connectivity index (χ3n) is 5.25. The number of piperazine rings is 1. The van der Waals surface area contributed by atoms with Gasteiger partial charge in [0.05, 0.1) is 6.20 Å². The van der Waals surface area contributed by atoms with E-state index in [9.17, 15) is 14.0 Å². The van der Waals surface area contributed by atoms with Crippen LogP contribution in [0.4, 0.5) is 14.9 Å². The van der Waals surface area contributed by atoms with Crippen molar-refractivity contribution in [3.05, 3.63) is 60.2 Å². The zero-order chi connectivity index (χ0) is 23.1. The number of aromatic nitrogens is 1. The van der Waals surface area contributed by atoms with E-state index >= 15 is 0 Å². The van der Waals surface area contributed by atoms with Crippen LogP contribution in [-0.4, -0.2) is 71.7 Å². The first kappa shape index (κ1) is 23.7. The molecular formula is C24H31FN4O3. The molecule has 0 bridgehead atoms. The highest BCUT2D eigenvalue weighted by atomic mass is 19.1. The van der Waals surface area contributed by atoms with Crippen LogP contribution in [0.25, 0.3) is 0 Å². The Morgan fingerprint density at radius 1 is 1.09 bits per heavy atom. The van der Waals surface area contributed by atoms with Crippen LogP contribution in [0, 0.1) is 5.82 Å². The second kappa shape index (κ2) is 10.5. The molecule has 2 heterocycles. The van der Waals surface area contributed by atoms with Gasteiger partial charge in [-0.25, -0.2) is 9.18 Å². The Morgan fingerprint density at radius 2 is 1.78 bits per heavy atom. The number of benzene rings is 1. The molecule has 0 radical (unpaired) electrons. The standard InChI is InChI=1S/C24H31FN4O3/c1-24(2,3)32-23(31)29(20-7-5-4-6-8-20)18-22(30)28-15-13-27(14-16-28)12-10-19-9-11-26-17-21(19)25/h4-9,11,17H,10,12-16,18H2,1-3H3. The summed E-state index contributed by atoms with van der Waals surface area (Å²) in [5, 5.41) is 0. The highest BCUT2D eigenvalue weighted by Crippen LogP contribution is 2.18. The first-order chi connectivity index (χ1) is 15.2. The summed E-state index contributed by atoms with van der Waals surface area (Å²) in [6.45, 7) is 8.57. The second-order valence-corrected chi connectivity index (χ2v) is 8.84. The molecule has 8 heteroatoms. The van der Waals surface area contributed by atoms with Gasteiger partial charge in [-0.3, -0.25) is 19.6 Å². The monoisotopic (exact) mass is 442 g/mol. The molecule has 2 aromatic rings. The predicted molar refractivity (Wildman–Crippen MR) is 121 cm³/mol. The highest BCUT2D eigenvalue weighted by molar-refractivity contribution is 5.95. The van der Waals surface area contributed by atoms with Crippen LogP contribution in [0.3, 0.4) is 0 Å². The molecule has 0 saturated carbocycles. The van der Waals surface area contributed by atoms with E-state index in [-0.39, 0.29) is 18.3 Å². The summed E-state index contributed by atoms with van der Waals surface area (Å²) in [5.41, 5.74) is 0.607. The lowest BCUT2D eigenvalue weighted by Gasteiger charge is -2.36. The van der Waals surface area contributed by atoms with Crippen molar-refractivity contribution in [3.8, 4) is 0 Å². The lowest BCUT2D eigenvalue weighted by Crippen LogP contribution is -2.52. The number of pyridine rings is 1. The van der Waals surface area contributed by atoms with Crippen LogP contribution in [-0.2, 0) is 16.0 Å². The maximum absolute atomic E-state index is 13.8. The van der Waals surface area contributed by atoms with Gasteiger partial charge in [-0.05, 0) is 51.0 Å². The van der Waals surface area contributed by atoms with Gasteiger partial charge in [0, 0.05) is 44.6 Å². The third-order valence-corrected chi connectivity index (χ3v) is 5.25. The number of halogens is 1. The van der Waals surface area contributed by atoms with Gasteiger partial charge in [0.25, 0.3) is 0 Å². The van der Waals surface area contributed by atoms with E-state index in [1.165, 1.54) is 11.1 Å². The molecule has 1 aromatic carbocycles. The van der Waals surface area contributed by atoms with Crippen molar-refractivity contribution in [1.29, 1.82) is 0 Å². The van der Waals surface area contributed by atoms with Crippen molar-refractivity contribution in [2.45, 2.75) is 32.8 Å². The topological polar surface area (TPSA) is 66.0 Å². The second-order valence-electron chi connectivity index (χ2n) is 8.84. The van der Waals surface area contributed by atoms with Crippen molar-refractivity contribution < 1.29 is 18.7 Å². The van der Waals surface area contributed by atoms with E-state index in [1.54, 1.807) is 50.1 Å². The predicted octanol–water partition coefficient (Wildman–Crippen LogP) is 3.35. The Bertz CT molecular complexity index is 909. The fourth-order valence-electron chi connectivity index (χ4n) is 3.53. The molecule has 0 aliphatic carbocycles. The molecule has 1 aliphatic rings. The Kier molecular flexibility index (Phi) is 7.80. The number of carbonyl (C=O) groups is 2. The number of para-hydroxylation sites is 1. The minimum absolute atomic E-state index is 0.0822. The van der Waals surface area contributed by atoms with Crippen molar-refractivity contribution in [1.82, 2.24) is 14.8 Å². The Hall–Kier alpha value is -3.00. The molecule has 1 saturated heterocycles. The molecule has 1 aliphatic heterocycles. The number of rotatable bonds is 6. The zero-order valence-electron chi connectivity index (χ0n) is 19.0. The number of carbonyl (C=O) groups excluding carboxylic acids is 2. The fraction of sp³-hybridized carbons (Fsp3) is 0.458. The average molecular weight is 443 g/mol. The smallest absolute Gasteiger partial charge is 0.415 e. The molecule has 172 valence electrons. The van der Waals surface area contributed by atoms with E-state index in [1.807, 2.05) is 18.2 Å². The summed E-state index contributed by atoms with van der Waals surface area (Å²) >= 11 is 0. The normalized spacial score (nSPS) is 14.8. The molecule has 1 fully saturated rings. The van der Waals surface area contributed by atoms with E-state index in [0.717, 1.165) is 6.54 Å². The molecule has 32 heavy (non-hydrogen) atoms. The van der Waals surface area contributed by atoms with Gasteiger partial charge < -0.3 is 9.64 Å². The summed E-state index contributed by atoms with van der Waals surface area (Å²) in [6.07, 6.45) is 2.88. The summed E-state index contributed by atoms with van der Waals surface area (Å²) < 4.78 is 19.3. The highest BCUT2D eigenvalue weighted by Gasteiger charge is 2.28. The van der Waals surface area contributed by atoms with Crippen LogP contribution >= 0.6 is 0 Å². The van der Waals surface area contributed by atoms with Crippen LogP contribution in [0.5, 0.6) is 0 Å². The lowest BCUT2D eigenvalue weighted by atomic mass is 10.1. The van der Waals surface area contributed by atoms with Gasteiger partial charge in [0.15, 0.2) is 0 Å². The van der Waals surface area contributed by atoms with Crippen LogP contribution in [0.15, 0.2) is 48.8 Å². The summed E-state index contributed by atoms with van der Waals surface area (Å²) in [4.78, 5) is 34.9. The van der Waals surface area contributed by atoms with Crippen molar-refractivity contribution in [2.75, 3.05) is 44.2 Å². The van der Waals surface area contributed by atoms with Crippen molar-refractivity contribution >= 4 is 17.7 Å². The minimum Gasteiger partial charge on any atom is -0.443 e. The Labute approximate surface area is 188 Å². The van der Waals surface area contributed by atoms with E-state index in [0.29, 0.717) is 43.9 Å². The van der Waals surface area contributed by atoms with Crippen LogP contribution < -0.4 is 4.90 Å². The number of ether oxygens (including phenoxy) is 1. The van der Waals surface area contributed by atoms with Crippen LogP contribution in [0.1, 0.15) is 26.3 Å². The van der Waals surface area contributed by atoms with Crippen LogP contribution in [0.2, 0.25) is 0 Å². The largest absolute Gasteiger partial charge is 0.443 e. The Morgan fingerprint density at radius 3 is 2.41 bits per heavy atom. The van der Waals surface area contributed by atoms with E-state index < -0.39 is 11.7 Å². The first-order valence-electron chi connectivity index (χ1n) is 10.9. The summed E-state index contributed by atoms with van der Waals surface area (Å²) in [7, 11) is 0. The zero-order valence-corrected chi connectivity index (χ0v) is 19.0. The molecule has 7 nitrogen and oxygen atoms in total. The Balaban J connectivity index is 1.55. The molecule has 0 spiro atoms. The molecule has 0 atom stereocenters. The number of hydrogen-bond donors (Lipinski definition) is 0. The van der Waals surface area contributed by atoms with Gasteiger partial charge in [0.2, 0.25) is 5.91 Å². The molecule has 0 N–H and O–H groups in total. The fourth-order valence-corrected chi connectivity index (χ4v) is 3.53. The molecular weight excluding hydrogens is 411 g/mol. The lowest BCUT2D eigenvalue weighted by molar-refractivity contribution is -0.131. The van der Waals surface area contributed by atoms with Gasteiger partial charge in [-0.15, -0.1) is 0 Å². The number of hydrogen-bond acceptors (Lipinski definition) is 5. The quantitative estimate of drug-likeness (QED) is 0.687. The van der Waals surface area contributed by atoms with Gasteiger partial charge in [-0.2, -0.15) is 0 Å². The SMILES string of the molecule is CC(C)(C)OC(=O)N(CC(=O)N1CCN(CCc2ccncc2F)CC1)c1ccccc1. The van der Waals surface area contributed by atoms with Gasteiger partial charge >= 0.3 is 6.09 Å². The minimum atomic E-state index is -0.660. The maximum Gasteiger partial charge on any atom is 0.415 e. The van der Waals surface area contributed by atoms with Crippen molar-refractivity contribution in [2.24, 2.45) is 0 Å². The molecule has 3 rings (SSSR count). The molecule has 1 aromatic heterocycles. The number of amides is 2. The summed E-state index contributed by atoms with van der Waals surface area (Å²) in [6, 6.07) is 10.8. The number of anilines is 1. The first-order valence-corrected chi connectivity index (χ1v) is 10.9. The van der Waals surface area contributed by atoms with E-state index in [4.69, 9.17) is 4.74 Å². The maximum atomic E-state index is 13.8. The number of nitrogens with zero attached hydrogens (tertiary/aromatic N) is 4. The van der Waals surface area contributed by atoms with Crippen molar-refractivity contribution in [3.63, 3.8) is 0 Å². The van der Waals surface area contributed by atoms with Gasteiger partial charge in [0.1, 0.15) is 18.0 Å². The average Bonchev–Trinajstić information content (AvgIpc) is 2.76. The van der Waals surface area contributed by atoms with E-state index in [2.05, 4.69) is 9.88 Å². The summed E-state index contributed by atoms with van der Waals surface area (Å²) in [5.74, 6) is -0.413. The van der Waals surface area contributed by atoms with Gasteiger partial charge in [-0.1, -0.05) is 18.2 Å². The third kappa shape index (κ3) is 6.75. The molecule has 0 unspecified atom stereocenters.